The van der Waals surface area contributed by atoms with Gasteiger partial charge in [-0.3, -0.25) is 9.80 Å². The van der Waals surface area contributed by atoms with Crippen LogP contribution in [0.3, 0.4) is 0 Å². The minimum atomic E-state index is -0.580. The van der Waals surface area contributed by atoms with Gasteiger partial charge >= 0.3 is 0 Å². The number of β-amino-alcohol motifs (C(OH)–C–C–N with tert-alkyl or cyclic N) is 1. The average Bonchev–Trinajstić information content (AvgIpc) is 2.24. The molecule has 1 aliphatic heterocycles. The highest BCUT2D eigenvalue weighted by Crippen LogP contribution is 2.12. The smallest absolute Gasteiger partial charge is 0.0718 e. The molecule has 4 heteroatoms. The second-order valence-corrected chi connectivity index (χ2v) is 5.76. The third-order valence-corrected chi connectivity index (χ3v) is 3.38. The molecule has 1 rings (SSSR count). The Bertz CT molecular complexity index is 208. The van der Waals surface area contributed by atoms with Crippen LogP contribution in [0, 0.1) is 0 Å². The fourth-order valence-electron chi connectivity index (χ4n) is 2.38. The molecule has 1 aliphatic rings. The molecule has 17 heavy (non-hydrogen) atoms. The van der Waals surface area contributed by atoms with Crippen molar-refractivity contribution in [3.8, 4) is 0 Å². The first-order valence-corrected chi connectivity index (χ1v) is 6.60. The van der Waals surface area contributed by atoms with Crippen molar-refractivity contribution in [2.45, 2.75) is 38.8 Å². The molecule has 1 saturated heterocycles. The Hall–Kier alpha value is -0.160. The van der Waals surface area contributed by atoms with Crippen molar-refractivity contribution in [1.29, 1.82) is 0 Å². The maximum Gasteiger partial charge on any atom is 0.0718 e. The van der Waals surface area contributed by atoms with Crippen molar-refractivity contribution in [3.05, 3.63) is 0 Å². The van der Waals surface area contributed by atoms with Gasteiger partial charge in [0.25, 0.3) is 0 Å². The monoisotopic (exact) mass is 244 g/mol. The highest BCUT2D eigenvalue weighted by molar-refractivity contribution is 4.80. The number of rotatable bonds is 6. The summed E-state index contributed by atoms with van der Waals surface area (Å²) in [7, 11) is 1.76. The van der Waals surface area contributed by atoms with Gasteiger partial charge < -0.3 is 9.84 Å². The summed E-state index contributed by atoms with van der Waals surface area (Å²) in [5, 5.41) is 9.79. The molecule has 0 aromatic heterocycles. The van der Waals surface area contributed by atoms with Crippen LogP contribution in [0.2, 0.25) is 0 Å². The first-order valence-electron chi connectivity index (χ1n) is 6.60. The van der Waals surface area contributed by atoms with Crippen LogP contribution >= 0.6 is 0 Å². The molecule has 1 heterocycles. The summed E-state index contributed by atoms with van der Waals surface area (Å²) in [6.07, 6.45) is 1.10. The first-order chi connectivity index (χ1) is 7.92. The predicted molar refractivity (Wildman–Crippen MR) is 70.3 cm³/mol. The van der Waals surface area contributed by atoms with E-state index in [1.807, 2.05) is 13.8 Å². The summed E-state index contributed by atoms with van der Waals surface area (Å²) in [5.41, 5.74) is -0.580. The summed E-state index contributed by atoms with van der Waals surface area (Å²) in [6, 6.07) is 0.597. The zero-order chi connectivity index (χ0) is 12.9. The van der Waals surface area contributed by atoms with Gasteiger partial charge in [-0.25, -0.2) is 0 Å². The summed E-state index contributed by atoms with van der Waals surface area (Å²) in [6.45, 7) is 11.9. The van der Waals surface area contributed by atoms with E-state index in [2.05, 4.69) is 16.7 Å². The van der Waals surface area contributed by atoms with Gasteiger partial charge in [0.2, 0.25) is 0 Å². The number of methoxy groups -OCH3 is 1. The lowest BCUT2D eigenvalue weighted by atomic mass is 10.1. The van der Waals surface area contributed by atoms with Crippen molar-refractivity contribution in [2.75, 3.05) is 46.4 Å². The van der Waals surface area contributed by atoms with Crippen LogP contribution in [0.4, 0.5) is 0 Å². The van der Waals surface area contributed by atoms with Crippen LogP contribution in [0.15, 0.2) is 0 Å². The molecule has 1 N–H and O–H groups in total. The quantitative estimate of drug-likeness (QED) is 0.750. The number of hydrogen-bond donors (Lipinski definition) is 1. The number of hydrogen-bond acceptors (Lipinski definition) is 4. The van der Waals surface area contributed by atoms with E-state index in [1.54, 1.807) is 7.11 Å². The zero-order valence-corrected chi connectivity index (χ0v) is 11.8. The molecule has 0 aromatic carbocycles. The Labute approximate surface area is 106 Å². The summed E-state index contributed by atoms with van der Waals surface area (Å²) in [5.74, 6) is 0. The Balaban J connectivity index is 2.25. The molecule has 0 saturated carbocycles. The topological polar surface area (TPSA) is 35.9 Å². The summed E-state index contributed by atoms with van der Waals surface area (Å²) >= 11 is 0. The van der Waals surface area contributed by atoms with Gasteiger partial charge in [0, 0.05) is 52.5 Å². The van der Waals surface area contributed by atoms with Crippen LogP contribution in [0.1, 0.15) is 27.2 Å². The average molecular weight is 244 g/mol. The molecule has 102 valence electrons. The molecule has 0 amide bonds. The number of nitrogens with zero attached hydrogens (tertiary/aromatic N) is 2. The molecule has 0 bridgehead atoms. The van der Waals surface area contributed by atoms with Gasteiger partial charge in [0.05, 0.1) is 5.60 Å². The normalized spacial score (nSPS) is 21.7. The second kappa shape index (κ2) is 6.69. The van der Waals surface area contributed by atoms with Crippen molar-refractivity contribution in [2.24, 2.45) is 0 Å². The van der Waals surface area contributed by atoms with Crippen LogP contribution in [-0.2, 0) is 4.74 Å². The fraction of sp³-hybridized carbons (Fsp3) is 1.00. The van der Waals surface area contributed by atoms with Gasteiger partial charge in [-0.15, -0.1) is 0 Å². The minimum Gasteiger partial charge on any atom is -0.389 e. The molecule has 4 nitrogen and oxygen atoms in total. The SMILES string of the molecule is COCCC(C)N1CCN(CC(C)(C)O)CC1. The molecule has 0 aromatic rings. The van der Waals surface area contributed by atoms with Gasteiger partial charge in [-0.1, -0.05) is 0 Å². The maximum atomic E-state index is 9.79. The Morgan fingerprint density at radius 3 is 2.29 bits per heavy atom. The lowest BCUT2D eigenvalue weighted by Gasteiger charge is -2.39. The lowest BCUT2D eigenvalue weighted by molar-refractivity contribution is 0.00985. The van der Waals surface area contributed by atoms with Gasteiger partial charge in [-0.2, -0.15) is 0 Å². The Morgan fingerprint density at radius 2 is 1.82 bits per heavy atom. The highest BCUT2D eigenvalue weighted by Gasteiger charge is 2.24. The van der Waals surface area contributed by atoms with Crippen LogP contribution in [0.25, 0.3) is 0 Å². The van der Waals surface area contributed by atoms with E-state index < -0.39 is 5.60 Å². The van der Waals surface area contributed by atoms with E-state index in [0.29, 0.717) is 6.04 Å². The van der Waals surface area contributed by atoms with Crippen LogP contribution in [-0.4, -0.2) is 73.0 Å². The van der Waals surface area contributed by atoms with E-state index in [4.69, 9.17) is 4.74 Å². The first kappa shape index (κ1) is 14.9. The highest BCUT2D eigenvalue weighted by atomic mass is 16.5. The predicted octanol–water partition coefficient (Wildman–Crippen LogP) is 0.800. The maximum absolute atomic E-state index is 9.79. The number of aliphatic hydroxyl groups is 1. The fourth-order valence-corrected chi connectivity index (χ4v) is 2.38. The third kappa shape index (κ3) is 5.82. The van der Waals surface area contributed by atoms with Crippen molar-refractivity contribution < 1.29 is 9.84 Å². The number of piperazine rings is 1. The molecular formula is C13H28N2O2. The van der Waals surface area contributed by atoms with Gasteiger partial charge in [0.1, 0.15) is 0 Å². The van der Waals surface area contributed by atoms with Gasteiger partial charge in [-0.05, 0) is 27.2 Å². The van der Waals surface area contributed by atoms with Gasteiger partial charge in [0.15, 0.2) is 0 Å². The summed E-state index contributed by atoms with van der Waals surface area (Å²) < 4.78 is 5.12. The third-order valence-electron chi connectivity index (χ3n) is 3.38. The van der Waals surface area contributed by atoms with E-state index >= 15 is 0 Å². The van der Waals surface area contributed by atoms with Crippen LogP contribution < -0.4 is 0 Å². The van der Waals surface area contributed by atoms with E-state index in [-0.39, 0.29) is 0 Å². The molecule has 0 aliphatic carbocycles. The largest absolute Gasteiger partial charge is 0.389 e. The molecular weight excluding hydrogens is 216 g/mol. The zero-order valence-electron chi connectivity index (χ0n) is 11.8. The molecule has 1 unspecified atom stereocenters. The van der Waals surface area contributed by atoms with E-state index in [0.717, 1.165) is 45.8 Å². The summed E-state index contributed by atoms with van der Waals surface area (Å²) in [4.78, 5) is 4.86. The Morgan fingerprint density at radius 1 is 1.24 bits per heavy atom. The van der Waals surface area contributed by atoms with Crippen molar-refractivity contribution in [1.82, 2.24) is 9.80 Å². The lowest BCUT2D eigenvalue weighted by Crippen LogP contribution is -2.52. The van der Waals surface area contributed by atoms with Crippen molar-refractivity contribution >= 4 is 0 Å². The molecule has 0 radical (unpaired) electrons. The van der Waals surface area contributed by atoms with Crippen LogP contribution in [0.5, 0.6) is 0 Å². The van der Waals surface area contributed by atoms with E-state index in [1.165, 1.54) is 0 Å². The molecule has 1 atom stereocenters. The minimum absolute atomic E-state index is 0.580. The Kier molecular flexibility index (Phi) is 5.86. The molecule has 1 fully saturated rings. The molecule has 0 spiro atoms. The standard InChI is InChI=1S/C13H28N2O2/c1-12(5-10-17-4)15-8-6-14(7-9-15)11-13(2,3)16/h12,16H,5-11H2,1-4H3. The van der Waals surface area contributed by atoms with E-state index in [9.17, 15) is 5.11 Å². The second-order valence-electron chi connectivity index (χ2n) is 5.76. The van der Waals surface area contributed by atoms with Crippen molar-refractivity contribution in [3.63, 3.8) is 0 Å². The number of ether oxygens (including phenoxy) is 1.